The van der Waals surface area contributed by atoms with Crippen LogP contribution in [0.1, 0.15) is 19.8 Å². The van der Waals surface area contributed by atoms with Crippen molar-refractivity contribution in [2.75, 3.05) is 38.4 Å². The van der Waals surface area contributed by atoms with Crippen molar-refractivity contribution in [1.82, 2.24) is 4.31 Å². The molecular formula is C16H24N2O5S. The molecule has 1 heterocycles. The fourth-order valence-electron chi connectivity index (χ4n) is 2.60. The zero-order chi connectivity index (χ0) is 17.7. The van der Waals surface area contributed by atoms with Gasteiger partial charge in [-0.15, -0.1) is 0 Å². The fraction of sp³-hybridized carbons (Fsp3) is 0.562. The molecule has 0 saturated carbocycles. The van der Waals surface area contributed by atoms with E-state index < -0.39 is 21.7 Å². The Bertz CT molecular complexity index is 659. The first-order valence-electron chi connectivity index (χ1n) is 7.85. The molecule has 2 rings (SSSR count). The van der Waals surface area contributed by atoms with Crippen LogP contribution in [0.5, 0.6) is 11.5 Å². The van der Waals surface area contributed by atoms with Gasteiger partial charge in [0.1, 0.15) is 17.3 Å². The molecule has 134 valence electrons. The van der Waals surface area contributed by atoms with E-state index in [2.05, 4.69) is 12.2 Å². The average Bonchev–Trinajstić information content (AvgIpc) is 2.54. The number of carbonyl (C=O) groups is 1. The standard InChI is InChI=1S/C16H24N2O5S/c1-12-4-6-18(7-5-12)24(20,21)11-16(19)17-13-8-14(22-2)10-15(9-13)23-3/h8-10,12H,4-7,11H2,1-3H3,(H,17,19). The van der Waals surface area contributed by atoms with Gasteiger partial charge < -0.3 is 14.8 Å². The van der Waals surface area contributed by atoms with Crippen molar-refractivity contribution in [3.05, 3.63) is 18.2 Å². The van der Waals surface area contributed by atoms with Gasteiger partial charge in [0, 0.05) is 37.0 Å². The van der Waals surface area contributed by atoms with Gasteiger partial charge in [0.25, 0.3) is 0 Å². The summed E-state index contributed by atoms with van der Waals surface area (Å²) in [4.78, 5) is 12.1. The molecule has 0 atom stereocenters. The topological polar surface area (TPSA) is 84.9 Å². The van der Waals surface area contributed by atoms with Crippen molar-refractivity contribution in [2.24, 2.45) is 5.92 Å². The van der Waals surface area contributed by atoms with Crippen LogP contribution in [0.3, 0.4) is 0 Å². The molecule has 1 aliphatic heterocycles. The van der Waals surface area contributed by atoms with Crippen LogP contribution in [0.4, 0.5) is 5.69 Å². The number of nitrogens with one attached hydrogen (secondary N) is 1. The lowest BCUT2D eigenvalue weighted by Gasteiger charge is -2.29. The van der Waals surface area contributed by atoms with Gasteiger partial charge >= 0.3 is 0 Å². The maximum Gasteiger partial charge on any atom is 0.241 e. The van der Waals surface area contributed by atoms with Gasteiger partial charge in [0.2, 0.25) is 15.9 Å². The summed E-state index contributed by atoms with van der Waals surface area (Å²) < 4.78 is 36.4. The highest BCUT2D eigenvalue weighted by molar-refractivity contribution is 7.89. The highest BCUT2D eigenvalue weighted by Crippen LogP contribution is 2.26. The second-order valence-electron chi connectivity index (χ2n) is 5.99. The van der Waals surface area contributed by atoms with Crippen LogP contribution >= 0.6 is 0 Å². The number of hydrogen-bond acceptors (Lipinski definition) is 5. The summed E-state index contributed by atoms with van der Waals surface area (Å²) in [6.45, 7) is 3.06. The van der Waals surface area contributed by atoms with Crippen LogP contribution in [0.15, 0.2) is 18.2 Å². The zero-order valence-electron chi connectivity index (χ0n) is 14.2. The molecule has 1 amide bonds. The van der Waals surface area contributed by atoms with Gasteiger partial charge in [0.05, 0.1) is 14.2 Å². The third-order valence-electron chi connectivity index (χ3n) is 4.08. The van der Waals surface area contributed by atoms with E-state index in [1.54, 1.807) is 18.2 Å². The number of piperidine rings is 1. The van der Waals surface area contributed by atoms with Gasteiger partial charge in [-0.1, -0.05) is 6.92 Å². The summed E-state index contributed by atoms with van der Waals surface area (Å²) in [5.74, 6) is 0.398. The Hall–Kier alpha value is -1.80. The SMILES string of the molecule is COc1cc(NC(=O)CS(=O)(=O)N2CCC(C)CC2)cc(OC)c1. The van der Waals surface area contributed by atoms with Crippen molar-refractivity contribution >= 4 is 21.6 Å². The Labute approximate surface area is 143 Å². The van der Waals surface area contributed by atoms with E-state index in [4.69, 9.17) is 9.47 Å². The monoisotopic (exact) mass is 356 g/mol. The number of methoxy groups -OCH3 is 2. The Morgan fingerprint density at radius 1 is 1.17 bits per heavy atom. The largest absolute Gasteiger partial charge is 0.497 e. The lowest BCUT2D eigenvalue weighted by atomic mass is 10.0. The quantitative estimate of drug-likeness (QED) is 0.839. The van der Waals surface area contributed by atoms with Gasteiger partial charge in [-0.05, 0) is 18.8 Å². The van der Waals surface area contributed by atoms with E-state index in [0.29, 0.717) is 36.2 Å². The van der Waals surface area contributed by atoms with Gasteiger partial charge in [-0.3, -0.25) is 4.79 Å². The number of sulfonamides is 1. The van der Waals surface area contributed by atoms with E-state index in [1.807, 2.05) is 0 Å². The van der Waals surface area contributed by atoms with Crippen LogP contribution in [-0.2, 0) is 14.8 Å². The zero-order valence-corrected chi connectivity index (χ0v) is 15.1. The molecule has 0 unspecified atom stereocenters. The molecule has 1 aromatic carbocycles. The number of amides is 1. The van der Waals surface area contributed by atoms with Crippen molar-refractivity contribution in [3.63, 3.8) is 0 Å². The third-order valence-corrected chi connectivity index (χ3v) is 5.86. The van der Waals surface area contributed by atoms with E-state index >= 15 is 0 Å². The summed E-state index contributed by atoms with van der Waals surface area (Å²) in [5, 5.41) is 2.59. The molecule has 1 N–H and O–H groups in total. The highest BCUT2D eigenvalue weighted by atomic mass is 32.2. The summed E-state index contributed by atoms with van der Waals surface area (Å²) in [6, 6.07) is 4.88. The number of benzene rings is 1. The molecule has 7 nitrogen and oxygen atoms in total. The van der Waals surface area contributed by atoms with Crippen LogP contribution in [-0.4, -0.2) is 51.7 Å². The van der Waals surface area contributed by atoms with Crippen LogP contribution in [0.2, 0.25) is 0 Å². The smallest absolute Gasteiger partial charge is 0.241 e. The second-order valence-corrected chi connectivity index (χ2v) is 7.96. The molecular weight excluding hydrogens is 332 g/mol. The minimum absolute atomic E-state index is 0.429. The molecule has 1 aromatic rings. The first-order valence-corrected chi connectivity index (χ1v) is 9.45. The van der Waals surface area contributed by atoms with Crippen LogP contribution < -0.4 is 14.8 Å². The van der Waals surface area contributed by atoms with Crippen molar-refractivity contribution < 1.29 is 22.7 Å². The molecule has 1 aliphatic rings. The average molecular weight is 356 g/mol. The number of nitrogens with zero attached hydrogens (tertiary/aromatic N) is 1. The molecule has 24 heavy (non-hydrogen) atoms. The van der Waals surface area contributed by atoms with Gasteiger partial charge in [0.15, 0.2) is 0 Å². The predicted molar refractivity (Wildman–Crippen MR) is 91.9 cm³/mol. The number of anilines is 1. The lowest BCUT2D eigenvalue weighted by molar-refractivity contribution is -0.113. The van der Waals surface area contributed by atoms with Crippen molar-refractivity contribution in [3.8, 4) is 11.5 Å². The molecule has 1 saturated heterocycles. The number of carbonyl (C=O) groups excluding carboxylic acids is 1. The van der Waals surface area contributed by atoms with Gasteiger partial charge in [-0.25, -0.2) is 12.7 Å². The third kappa shape index (κ3) is 4.85. The summed E-state index contributed by atoms with van der Waals surface area (Å²) >= 11 is 0. The van der Waals surface area contributed by atoms with Crippen LogP contribution in [0, 0.1) is 5.92 Å². The Kier molecular flexibility index (Phi) is 6.06. The number of ether oxygens (including phenoxy) is 2. The molecule has 0 aliphatic carbocycles. The first-order chi connectivity index (χ1) is 11.3. The summed E-state index contributed by atoms with van der Waals surface area (Å²) in [6.07, 6.45) is 1.65. The lowest BCUT2D eigenvalue weighted by Crippen LogP contribution is -2.41. The molecule has 1 fully saturated rings. The van der Waals surface area contributed by atoms with E-state index in [0.717, 1.165) is 12.8 Å². The number of hydrogen-bond donors (Lipinski definition) is 1. The first kappa shape index (κ1) is 18.5. The molecule has 0 bridgehead atoms. The van der Waals surface area contributed by atoms with Crippen LogP contribution in [0.25, 0.3) is 0 Å². The van der Waals surface area contributed by atoms with Gasteiger partial charge in [-0.2, -0.15) is 0 Å². The number of rotatable bonds is 6. The predicted octanol–water partition coefficient (Wildman–Crippen LogP) is 1.70. The maximum atomic E-state index is 12.4. The Balaban J connectivity index is 2.02. The van der Waals surface area contributed by atoms with E-state index in [-0.39, 0.29) is 0 Å². The summed E-state index contributed by atoms with van der Waals surface area (Å²) in [7, 11) is -0.594. The van der Waals surface area contributed by atoms with E-state index in [9.17, 15) is 13.2 Å². The van der Waals surface area contributed by atoms with E-state index in [1.165, 1.54) is 18.5 Å². The minimum Gasteiger partial charge on any atom is -0.497 e. The second kappa shape index (κ2) is 7.85. The fourth-order valence-corrected chi connectivity index (χ4v) is 3.95. The molecule has 0 radical (unpaired) electrons. The normalized spacial score (nSPS) is 16.6. The van der Waals surface area contributed by atoms with Crippen molar-refractivity contribution in [2.45, 2.75) is 19.8 Å². The highest BCUT2D eigenvalue weighted by Gasteiger charge is 2.28. The summed E-state index contributed by atoms with van der Waals surface area (Å²) in [5.41, 5.74) is 0.429. The van der Waals surface area contributed by atoms with Crippen molar-refractivity contribution in [1.29, 1.82) is 0 Å². The Morgan fingerprint density at radius 2 is 1.71 bits per heavy atom. The molecule has 8 heteroatoms. The Morgan fingerprint density at radius 3 is 2.21 bits per heavy atom. The minimum atomic E-state index is -3.60. The molecule has 0 aromatic heterocycles. The maximum absolute atomic E-state index is 12.4. The molecule has 0 spiro atoms.